The van der Waals surface area contributed by atoms with Gasteiger partial charge in [-0.25, -0.2) is 0 Å². The Hall–Kier alpha value is -1.43. The smallest absolute Gasteiger partial charge is 0.421 e. The summed E-state index contributed by atoms with van der Waals surface area (Å²) in [6.45, 7) is 0.923. The first-order valence-electron chi connectivity index (χ1n) is 4.57. The molecule has 0 radical (unpaired) electrons. The molecule has 0 spiro atoms. The average Bonchev–Trinajstić information content (AvgIpc) is 2.23. The van der Waals surface area contributed by atoms with E-state index in [-0.39, 0.29) is 0 Å². The number of alkyl halides is 3. The van der Waals surface area contributed by atoms with Gasteiger partial charge in [-0.3, -0.25) is 4.79 Å². The van der Waals surface area contributed by atoms with Crippen molar-refractivity contribution in [3.63, 3.8) is 0 Å². The monoisotopic (exact) mass is 262 g/mol. The maximum atomic E-state index is 12.4. The van der Waals surface area contributed by atoms with Crippen LogP contribution >= 0.6 is 11.8 Å². The van der Waals surface area contributed by atoms with E-state index in [0.29, 0.717) is 4.90 Å². The van der Waals surface area contributed by atoms with Crippen molar-refractivity contribution in [2.45, 2.75) is 18.0 Å². The zero-order valence-electron chi connectivity index (χ0n) is 8.82. The summed E-state index contributed by atoms with van der Waals surface area (Å²) in [5.74, 6) is -2.30. The third-order valence-electron chi connectivity index (χ3n) is 1.58. The molecule has 0 aliphatic carbocycles. The van der Waals surface area contributed by atoms with E-state index in [1.807, 2.05) is 0 Å². The zero-order chi connectivity index (χ0) is 12.9. The van der Waals surface area contributed by atoms with Gasteiger partial charge >= 0.3 is 12.1 Å². The lowest BCUT2D eigenvalue weighted by atomic mass is 10.4. The molecule has 6 heteroatoms. The molecule has 1 aromatic carbocycles. The Bertz CT molecular complexity index is 412. The molecule has 1 aromatic rings. The van der Waals surface area contributed by atoms with Crippen molar-refractivity contribution >= 4 is 17.7 Å². The molecule has 0 N–H and O–H groups in total. The first-order chi connectivity index (χ1) is 7.89. The molecule has 0 fully saturated rings. The number of allylic oxidation sites excluding steroid dienone is 1. The normalized spacial score (nSPS) is 12.4. The van der Waals surface area contributed by atoms with E-state index < -0.39 is 17.9 Å². The molecule has 17 heavy (non-hydrogen) atoms. The second-order valence-electron chi connectivity index (χ2n) is 3.00. The summed E-state index contributed by atoms with van der Waals surface area (Å²) in [5.41, 5.74) is 0. The summed E-state index contributed by atoms with van der Waals surface area (Å²) < 4.78 is 41.4. The van der Waals surface area contributed by atoms with Gasteiger partial charge in [-0.15, -0.1) is 0 Å². The molecule has 0 heterocycles. The fourth-order valence-electron chi connectivity index (χ4n) is 0.924. The standard InChI is InChI=1S/C11H9F3O2S/c1-8(15)16-10(11(12,13)14)7-17-9-5-3-2-4-6-9/h2-7H,1H3/b10-7+. The van der Waals surface area contributed by atoms with Crippen molar-refractivity contribution in [2.75, 3.05) is 0 Å². The number of benzene rings is 1. The van der Waals surface area contributed by atoms with Crippen molar-refractivity contribution < 1.29 is 22.7 Å². The van der Waals surface area contributed by atoms with Gasteiger partial charge in [0.05, 0.1) is 0 Å². The third-order valence-corrected chi connectivity index (χ3v) is 2.45. The van der Waals surface area contributed by atoms with Gasteiger partial charge in [0.15, 0.2) is 0 Å². The summed E-state index contributed by atoms with van der Waals surface area (Å²) in [6, 6.07) is 8.47. The van der Waals surface area contributed by atoms with Gasteiger partial charge in [-0.05, 0) is 12.1 Å². The summed E-state index contributed by atoms with van der Waals surface area (Å²) >= 11 is 0.838. The van der Waals surface area contributed by atoms with E-state index in [1.165, 1.54) is 0 Å². The van der Waals surface area contributed by atoms with E-state index in [4.69, 9.17) is 0 Å². The summed E-state index contributed by atoms with van der Waals surface area (Å²) in [6.07, 6.45) is -4.67. The molecular weight excluding hydrogens is 253 g/mol. The predicted octanol–water partition coefficient (Wildman–Crippen LogP) is 3.75. The first-order valence-corrected chi connectivity index (χ1v) is 5.45. The van der Waals surface area contributed by atoms with Crippen LogP contribution in [0.4, 0.5) is 13.2 Å². The van der Waals surface area contributed by atoms with Crippen LogP contribution < -0.4 is 0 Å². The molecule has 0 amide bonds. The Morgan fingerprint density at radius 2 is 1.88 bits per heavy atom. The number of esters is 1. The molecule has 0 atom stereocenters. The molecule has 0 bridgehead atoms. The van der Waals surface area contributed by atoms with Gasteiger partial charge < -0.3 is 4.74 Å². The van der Waals surface area contributed by atoms with Gasteiger partial charge in [0, 0.05) is 17.2 Å². The number of hydrogen-bond acceptors (Lipinski definition) is 3. The van der Waals surface area contributed by atoms with E-state index in [0.717, 1.165) is 24.1 Å². The van der Waals surface area contributed by atoms with Crippen LogP contribution in [-0.4, -0.2) is 12.1 Å². The molecule has 0 aliphatic heterocycles. The first kappa shape index (κ1) is 13.6. The summed E-state index contributed by atoms with van der Waals surface area (Å²) in [5, 5.41) is 0.775. The minimum atomic E-state index is -4.67. The fourth-order valence-corrected chi connectivity index (χ4v) is 1.66. The van der Waals surface area contributed by atoms with Crippen LogP contribution in [-0.2, 0) is 9.53 Å². The molecule has 2 nitrogen and oxygen atoms in total. The van der Waals surface area contributed by atoms with Crippen LogP contribution in [0.3, 0.4) is 0 Å². The van der Waals surface area contributed by atoms with Gasteiger partial charge in [0.1, 0.15) is 0 Å². The highest BCUT2D eigenvalue weighted by Gasteiger charge is 2.37. The van der Waals surface area contributed by atoms with Crippen LogP contribution in [0.25, 0.3) is 0 Å². The second-order valence-corrected chi connectivity index (χ2v) is 3.95. The highest BCUT2D eigenvalue weighted by Crippen LogP contribution is 2.31. The topological polar surface area (TPSA) is 26.3 Å². The van der Waals surface area contributed by atoms with Crippen LogP contribution in [0.5, 0.6) is 0 Å². The van der Waals surface area contributed by atoms with Crippen molar-refractivity contribution in [3.8, 4) is 0 Å². The van der Waals surface area contributed by atoms with Gasteiger partial charge in [-0.1, -0.05) is 30.0 Å². The minimum absolute atomic E-state index is 0.626. The Labute approximate surface area is 100 Å². The number of thioether (sulfide) groups is 1. The number of ether oxygens (including phenoxy) is 1. The van der Waals surface area contributed by atoms with Crippen LogP contribution in [0.2, 0.25) is 0 Å². The van der Waals surface area contributed by atoms with E-state index >= 15 is 0 Å². The molecule has 0 aromatic heterocycles. The lowest BCUT2D eigenvalue weighted by Gasteiger charge is -2.10. The highest BCUT2D eigenvalue weighted by atomic mass is 32.2. The molecule has 0 saturated heterocycles. The Morgan fingerprint density at radius 3 is 2.35 bits per heavy atom. The van der Waals surface area contributed by atoms with E-state index in [2.05, 4.69) is 4.74 Å². The van der Waals surface area contributed by atoms with Gasteiger partial charge in [0.2, 0.25) is 5.76 Å². The molecule has 92 valence electrons. The van der Waals surface area contributed by atoms with Crippen molar-refractivity contribution in [2.24, 2.45) is 0 Å². The van der Waals surface area contributed by atoms with Crippen LogP contribution in [0.1, 0.15) is 6.92 Å². The molecule has 0 saturated carbocycles. The maximum Gasteiger partial charge on any atom is 0.450 e. The largest absolute Gasteiger partial charge is 0.450 e. The average molecular weight is 262 g/mol. The van der Waals surface area contributed by atoms with Crippen molar-refractivity contribution in [1.82, 2.24) is 0 Å². The van der Waals surface area contributed by atoms with E-state index in [9.17, 15) is 18.0 Å². The van der Waals surface area contributed by atoms with Crippen LogP contribution in [0, 0.1) is 0 Å². The predicted molar refractivity (Wildman–Crippen MR) is 58.2 cm³/mol. The van der Waals surface area contributed by atoms with Crippen molar-refractivity contribution in [1.29, 1.82) is 0 Å². The Morgan fingerprint density at radius 1 is 1.29 bits per heavy atom. The molecular formula is C11H9F3O2S. The Balaban J connectivity index is 2.80. The number of carbonyl (C=O) groups excluding carboxylic acids is 1. The Kier molecular flexibility index (Phi) is 4.62. The summed E-state index contributed by atoms with van der Waals surface area (Å²) in [4.78, 5) is 11.2. The fraction of sp³-hybridized carbons (Fsp3) is 0.182. The van der Waals surface area contributed by atoms with E-state index in [1.54, 1.807) is 30.3 Å². The number of hydrogen-bond donors (Lipinski definition) is 0. The molecule has 0 aliphatic rings. The molecule has 1 rings (SSSR count). The van der Waals surface area contributed by atoms with Gasteiger partial charge in [-0.2, -0.15) is 13.2 Å². The summed E-state index contributed by atoms with van der Waals surface area (Å²) in [7, 11) is 0. The second kappa shape index (κ2) is 5.77. The van der Waals surface area contributed by atoms with Crippen molar-refractivity contribution in [3.05, 3.63) is 41.5 Å². The molecule has 0 unspecified atom stereocenters. The SMILES string of the molecule is CC(=O)O/C(=C/Sc1ccccc1)C(F)(F)F. The van der Waals surface area contributed by atoms with Gasteiger partial charge in [0.25, 0.3) is 0 Å². The lowest BCUT2D eigenvalue weighted by Crippen LogP contribution is -2.16. The number of carbonyl (C=O) groups is 1. The lowest BCUT2D eigenvalue weighted by molar-refractivity contribution is -0.158. The zero-order valence-corrected chi connectivity index (χ0v) is 9.64. The van der Waals surface area contributed by atoms with Crippen LogP contribution in [0.15, 0.2) is 46.4 Å². The number of rotatable bonds is 3. The highest BCUT2D eigenvalue weighted by molar-refractivity contribution is 8.02. The third kappa shape index (κ3) is 4.95. The number of halogens is 3. The maximum absolute atomic E-state index is 12.4. The quantitative estimate of drug-likeness (QED) is 0.471. The minimum Gasteiger partial charge on any atom is -0.421 e.